The number of fused-ring (bicyclic) bond motifs is 1. The fourth-order valence-corrected chi connectivity index (χ4v) is 3.36. The first-order valence-corrected chi connectivity index (χ1v) is 8.32. The second-order valence-electron chi connectivity index (χ2n) is 5.28. The Labute approximate surface area is 132 Å². The third kappa shape index (κ3) is 2.86. The van der Waals surface area contributed by atoms with Gasteiger partial charge in [-0.1, -0.05) is 11.6 Å². The molecule has 4 nitrogen and oxygen atoms in total. The first-order chi connectivity index (χ1) is 10.3. The molecule has 0 atom stereocenters. The van der Waals surface area contributed by atoms with Crippen molar-refractivity contribution in [3.8, 4) is 22.1 Å². The van der Waals surface area contributed by atoms with Crippen molar-refractivity contribution in [2.24, 2.45) is 0 Å². The van der Waals surface area contributed by atoms with Crippen LogP contribution in [-0.2, 0) is 6.54 Å². The monoisotopic (exact) mass is 322 g/mol. The molecule has 1 aromatic heterocycles. The molecule has 110 valence electrons. The molecule has 2 aliphatic rings. The first-order valence-electron chi connectivity index (χ1n) is 7.07. The maximum atomic E-state index is 6.27. The maximum Gasteiger partial charge on any atom is 0.179 e. The van der Waals surface area contributed by atoms with Gasteiger partial charge in [0.1, 0.15) is 18.2 Å². The second kappa shape index (κ2) is 5.48. The molecule has 0 saturated heterocycles. The Morgan fingerprint density at radius 1 is 1.29 bits per heavy atom. The van der Waals surface area contributed by atoms with E-state index in [0.717, 1.165) is 22.8 Å². The van der Waals surface area contributed by atoms with Crippen LogP contribution in [-0.4, -0.2) is 24.2 Å². The van der Waals surface area contributed by atoms with Crippen LogP contribution < -0.4 is 14.8 Å². The molecule has 0 bridgehead atoms. The Morgan fingerprint density at radius 3 is 3.00 bits per heavy atom. The van der Waals surface area contributed by atoms with E-state index in [4.69, 9.17) is 21.1 Å². The number of thiazole rings is 1. The van der Waals surface area contributed by atoms with Crippen LogP contribution in [0.5, 0.6) is 11.5 Å². The molecule has 0 unspecified atom stereocenters. The molecular weight excluding hydrogens is 308 g/mol. The fourth-order valence-electron chi connectivity index (χ4n) is 2.29. The van der Waals surface area contributed by atoms with Gasteiger partial charge in [-0.2, -0.15) is 0 Å². The molecule has 0 radical (unpaired) electrons. The summed E-state index contributed by atoms with van der Waals surface area (Å²) in [6.07, 6.45) is 2.57. The second-order valence-corrected chi connectivity index (χ2v) is 6.55. The van der Waals surface area contributed by atoms with Gasteiger partial charge in [0, 0.05) is 23.5 Å². The number of nitrogens with zero attached hydrogens (tertiary/aromatic N) is 1. The predicted octanol–water partition coefficient (Wildman–Crippen LogP) is 3.49. The van der Waals surface area contributed by atoms with Crippen LogP contribution in [0, 0.1) is 0 Å². The normalized spacial score (nSPS) is 17.0. The van der Waals surface area contributed by atoms with Crippen molar-refractivity contribution in [1.82, 2.24) is 10.3 Å². The van der Waals surface area contributed by atoms with E-state index in [-0.39, 0.29) is 0 Å². The van der Waals surface area contributed by atoms with Gasteiger partial charge >= 0.3 is 0 Å². The number of halogens is 1. The molecule has 1 aromatic carbocycles. The average molecular weight is 323 g/mol. The van der Waals surface area contributed by atoms with Gasteiger partial charge < -0.3 is 14.8 Å². The topological polar surface area (TPSA) is 43.4 Å². The molecule has 1 N–H and O–H groups in total. The van der Waals surface area contributed by atoms with Crippen LogP contribution in [0.15, 0.2) is 17.5 Å². The zero-order valence-corrected chi connectivity index (χ0v) is 13.0. The van der Waals surface area contributed by atoms with Crippen molar-refractivity contribution in [2.45, 2.75) is 25.4 Å². The Kier molecular flexibility index (Phi) is 3.49. The summed E-state index contributed by atoms with van der Waals surface area (Å²) in [7, 11) is 0. The lowest BCUT2D eigenvalue weighted by atomic mass is 10.2. The van der Waals surface area contributed by atoms with Crippen molar-refractivity contribution < 1.29 is 9.47 Å². The lowest BCUT2D eigenvalue weighted by Crippen LogP contribution is -2.15. The van der Waals surface area contributed by atoms with E-state index in [1.165, 1.54) is 12.8 Å². The molecule has 4 rings (SSSR count). The molecule has 1 aliphatic carbocycles. The summed E-state index contributed by atoms with van der Waals surface area (Å²) in [5.41, 5.74) is 2.06. The Hall–Kier alpha value is -1.30. The summed E-state index contributed by atoms with van der Waals surface area (Å²) in [4.78, 5) is 4.67. The minimum atomic E-state index is 0.542. The molecule has 1 aliphatic heterocycles. The minimum Gasteiger partial charge on any atom is -0.486 e. The number of rotatable bonds is 4. The van der Waals surface area contributed by atoms with Crippen LogP contribution in [0.2, 0.25) is 5.02 Å². The highest BCUT2D eigenvalue weighted by molar-refractivity contribution is 7.13. The summed E-state index contributed by atoms with van der Waals surface area (Å²) in [5, 5.41) is 7.10. The van der Waals surface area contributed by atoms with Gasteiger partial charge in [-0.25, -0.2) is 4.98 Å². The highest BCUT2D eigenvalue weighted by atomic mass is 35.5. The summed E-state index contributed by atoms with van der Waals surface area (Å²) in [6, 6.07) is 4.54. The Balaban J connectivity index is 1.58. The van der Waals surface area contributed by atoms with Crippen molar-refractivity contribution in [3.63, 3.8) is 0 Å². The van der Waals surface area contributed by atoms with Crippen LogP contribution in [0.3, 0.4) is 0 Å². The summed E-state index contributed by atoms with van der Waals surface area (Å²) in [6.45, 7) is 1.93. The number of hydrogen-bond acceptors (Lipinski definition) is 5. The highest BCUT2D eigenvalue weighted by Crippen LogP contribution is 2.41. The number of nitrogens with one attached hydrogen (secondary N) is 1. The summed E-state index contributed by atoms with van der Waals surface area (Å²) < 4.78 is 11.2. The van der Waals surface area contributed by atoms with E-state index in [9.17, 15) is 0 Å². The van der Waals surface area contributed by atoms with Crippen molar-refractivity contribution >= 4 is 22.9 Å². The number of aromatic nitrogens is 1. The van der Waals surface area contributed by atoms with Gasteiger partial charge in [0.2, 0.25) is 0 Å². The van der Waals surface area contributed by atoms with Crippen LogP contribution in [0.4, 0.5) is 0 Å². The van der Waals surface area contributed by atoms with E-state index >= 15 is 0 Å². The molecular formula is C15H15ClN2O2S. The van der Waals surface area contributed by atoms with Crippen molar-refractivity contribution in [1.29, 1.82) is 0 Å². The molecule has 0 amide bonds. The van der Waals surface area contributed by atoms with Gasteiger partial charge in [-0.05, 0) is 25.0 Å². The van der Waals surface area contributed by atoms with Crippen LogP contribution in [0.25, 0.3) is 10.6 Å². The zero-order chi connectivity index (χ0) is 14.2. The number of benzene rings is 1. The Morgan fingerprint density at radius 2 is 2.14 bits per heavy atom. The molecule has 1 fully saturated rings. The zero-order valence-electron chi connectivity index (χ0n) is 11.4. The van der Waals surface area contributed by atoms with E-state index in [0.29, 0.717) is 35.8 Å². The third-order valence-electron chi connectivity index (χ3n) is 3.54. The van der Waals surface area contributed by atoms with E-state index in [1.54, 1.807) is 11.3 Å². The summed E-state index contributed by atoms with van der Waals surface area (Å²) >= 11 is 7.90. The lowest BCUT2D eigenvalue weighted by molar-refractivity contribution is 0.172. The Bertz CT molecular complexity index is 670. The summed E-state index contributed by atoms with van der Waals surface area (Å²) in [5.74, 6) is 1.34. The number of hydrogen-bond donors (Lipinski definition) is 1. The molecule has 1 saturated carbocycles. The van der Waals surface area contributed by atoms with E-state index < -0.39 is 0 Å². The fraction of sp³-hybridized carbons (Fsp3) is 0.400. The smallest absolute Gasteiger partial charge is 0.179 e. The quantitative estimate of drug-likeness (QED) is 0.935. The van der Waals surface area contributed by atoms with Gasteiger partial charge in [-0.3, -0.25) is 0 Å². The van der Waals surface area contributed by atoms with Crippen molar-refractivity contribution in [2.75, 3.05) is 13.2 Å². The molecule has 2 heterocycles. The highest BCUT2D eigenvalue weighted by Gasteiger charge is 2.21. The molecule has 2 aromatic rings. The van der Waals surface area contributed by atoms with Gasteiger partial charge in [0.25, 0.3) is 0 Å². The van der Waals surface area contributed by atoms with Gasteiger partial charge in [0.15, 0.2) is 11.5 Å². The van der Waals surface area contributed by atoms with Crippen LogP contribution >= 0.6 is 22.9 Å². The van der Waals surface area contributed by atoms with Crippen molar-refractivity contribution in [3.05, 3.63) is 28.2 Å². The standard InChI is InChI=1S/C15H15ClN2O2S/c16-12-5-9(6-13-14(12)20-4-3-19-13)15-18-11(8-21-15)7-17-10-1-2-10/h5-6,8,10,17H,1-4,7H2. The minimum absolute atomic E-state index is 0.542. The van der Waals surface area contributed by atoms with Gasteiger partial charge in [0.05, 0.1) is 10.7 Å². The third-order valence-corrected chi connectivity index (χ3v) is 4.77. The predicted molar refractivity (Wildman–Crippen MR) is 83.4 cm³/mol. The first kappa shape index (κ1) is 13.4. The van der Waals surface area contributed by atoms with Crippen LogP contribution in [0.1, 0.15) is 18.5 Å². The van der Waals surface area contributed by atoms with E-state index in [1.807, 2.05) is 12.1 Å². The number of ether oxygens (including phenoxy) is 2. The van der Waals surface area contributed by atoms with Gasteiger partial charge in [-0.15, -0.1) is 11.3 Å². The molecule has 0 spiro atoms. The SMILES string of the molecule is Clc1cc(-c2nc(CNC3CC3)cs2)cc2c1OCCO2. The average Bonchev–Trinajstić information content (AvgIpc) is 3.21. The van der Waals surface area contributed by atoms with E-state index in [2.05, 4.69) is 15.7 Å². The molecule has 6 heteroatoms. The molecule has 21 heavy (non-hydrogen) atoms. The largest absolute Gasteiger partial charge is 0.486 e. The lowest BCUT2D eigenvalue weighted by Gasteiger charge is -2.19. The maximum absolute atomic E-state index is 6.27.